The van der Waals surface area contributed by atoms with Crippen molar-refractivity contribution in [3.8, 4) is 0 Å². The van der Waals surface area contributed by atoms with E-state index < -0.39 is 29.8 Å². The number of likely N-dealkylation sites (tertiary alicyclic amines) is 2. The second kappa shape index (κ2) is 10.2. The normalized spacial score (nSPS) is 23.2. The lowest BCUT2D eigenvalue weighted by Crippen LogP contribution is -2.59. The van der Waals surface area contributed by atoms with Crippen LogP contribution >= 0.6 is 0 Å². The zero-order chi connectivity index (χ0) is 30.9. The number of hydrogen-bond donors (Lipinski definition) is 2. The molecule has 3 saturated heterocycles. The van der Waals surface area contributed by atoms with Gasteiger partial charge in [-0.25, -0.2) is 0 Å². The molecule has 3 fully saturated rings. The van der Waals surface area contributed by atoms with E-state index in [9.17, 15) is 14.4 Å². The number of para-hydroxylation sites is 1. The Morgan fingerprint density at radius 2 is 1.65 bits per heavy atom. The molecule has 2 bridgehead atoms. The van der Waals surface area contributed by atoms with Crippen LogP contribution in [0.5, 0.6) is 0 Å². The largest absolute Gasteiger partial charge is 0.496 e. The lowest BCUT2D eigenvalue weighted by molar-refractivity contribution is -0.138. The lowest BCUT2D eigenvalue weighted by atomic mass is 9.80. The monoisotopic (exact) mass is 585 g/mol. The van der Waals surface area contributed by atoms with E-state index in [4.69, 9.17) is 9.31 Å². The second-order valence-electron chi connectivity index (χ2n) is 14.1. The Kier molecular flexibility index (Phi) is 6.97. The van der Waals surface area contributed by atoms with Gasteiger partial charge < -0.3 is 29.4 Å². The molecule has 6 rings (SSSR count). The predicted octanol–water partition coefficient (Wildman–Crippen LogP) is 3.13. The molecule has 43 heavy (non-hydrogen) atoms. The number of pyridine rings is 1. The van der Waals surface area contributed by atoms with E-state index >= 15 is 0 Å². The van der Waals surface area contributed by atoms with Crippen molar-refractivity contribution in [2.75, 3.05) is 13.1 Å². The minimum Gasteiger partial charge on any atom is -0.399 e. The molecule has 11 heteroatoms. The summed E-state index contributed by atoms with van der Waals surface area (Å²) in [5, 5.41) is 3.93. The first-order valence-corrected chi connectivity index (χ1v) is 15.0. The molecule has 2 N–H and O–H groups in total. The van der Waals surface area contributed by atoms with Crippen LogP contribution in [0.1, 0.15) is 75.9 Å². The van der Waals surface area contributed by atoms with Crippen LogP contribution in [0, 0.1) is 5.41 Å². The molecule has 0 unspecified atom stereocenters. The second-order valence-corrected chi connectivity index (χ2v) is 14.1. The van der Waals surface area contributed by atoms with Crippen molar-refractivity contribution in [1.29, 1.82) is 0 Å². The van der Waals surface area contributed by atoms with Crippen molar-refractivity contribution in [2.24, 2.45) is 5.41 Å². The molecular formula is C32H40BN5O5. The molecule has 3 atom stereocenters. The summed E-state index contributed by atoms with van der Waals surface area (Å²) in [6.07, 6.45) is 2.35. The van der Waals surface area contributed by atoms with E-state index in [0.717, 1.165) is 16.4 Å². The van der Waals surface area contributed by atoms with Crippen LogP contribution in [0.3, 0.4) is 0 Å². The number of nitrogens with zero attached hydrogens (tertiary/aromatic N) is 3. The van der Waals surface area contributed by atoms with E-state index in [1.165, 1.54) is 0 Å². The fourth-order valence-electron chi connectivity index (χ4n) is 6.20. The average Bonchev–Trinajstić information content (AvgIpc) is 3.71. The van der Waals surface area contributed by atoms with Crippen LogP contribution in [-0.4, -0.2) is 87.0 Å². The molecule has 2 aromatic heterocycles. The maximum Gasteiger partial charge on any atom is 0.496 e. The van der Waals surface area contributed by atoms with Crippen LogP contribution in [0.25, 0.3) is 10.9 Å². The van der Waals surface area contributed by atoms with Gasteiger partial charge in [-0.2, -0.15) is 0 Å². The molecule has 10 nitrogen and oxygen atoms in total. The number of piperazine rings is 1. The van der Waals surface area contributed by atoms with Crippen molar-refractivity contribution in [3.05, 3.63) is 60.0 Å². The standard InChI is InChI=1S/C32H40BN5O5/c1-30(2,3)26(36-27(39)25-14-19-10-8-9-11-23(19)35-25)29(41)38-18-21-15-22(38)17-37(21)28(40)24-13-12-20(16-34-24)33-42-31(4,5)32(6,7)43-33/h8-14,16,21-22,26,35H,15,17-18H2,1-7H3,(H,36,39)/t21-,22-,26+/m0/s1. The Bertz CT molecular complexity index is 1530. The number of H-pyrrole nitrogens is 1. The fraction of sp³-hybridized carbons (Fsp3) is 0.500. The minimum atomic E-state index is -0.723. The number of carbonyl (C=O) groups excluding carboxylic acids is 3. The third-order valence-corrected chi connectivity index (χ3v) is 9.48. The molecule has 0 saturated carbocycles. The molecule has 5 heterocycles. The summed E-state index contributed by atoms with van der Waals surface area (Å²) in [6.45, 7) is 14.7. The summed E-state index contributed by atoms with van der Waals surface area (Å²) in [6, 6.07) is 12.1. The highest BCUT2D eigenvalue weighted by Gasteiger charge is 2.52. The first-order valence-electron chi connectivity index (χ1n) is 15.0. The first-order chi connectivity index (χ1) is 20.1. The highest BCUT2D eigenvalue weighted by atomic mass is 16.7. The number of fused-ring (bicyclic) bond motifs is 3. The van der Waals surface area contributed by atoms with Crippen molar-refractivity contribution >= 4 is 41.2 Å². The molecular weight excluding hydrogens is 545 g/mol. The van der Waals surface area contributed by atoms with Crippen molar-refractivity contribution in [2.45, 2.75) is 84.2 Å². The van der Waals surface area contributed by atoms with E-state index in [2.05, 4.69) is 15.3 Å². The van der Waals surface area contributed by atoms with Gasteiger partial charge in [-0.3, -0.25) is 19.4 Å². The zero-order valence-electron chi connectivity index (χ0n) is 25.9. The summed E-state index contributed by atoms with van der Waals surface area (Å²) < 4.78 is 12.2. The maximum absolute atomic E-state index is 13.9. The zero-order valence-corrected chi connectivity index (χ0v) is 25.9. The average molecular weight is 586 g/mol. The third-order valence-electron chi connectivity index (χ3n) is 9.48. The molecule has 3 aliphatic rings. The fourth-order valence-corrected chi connectivity index (χ4v) is 6.20. The Hall–Kier alpha value is -3.70. The quantitative estimate of drug-likeness (QED) is 0.445. The van der Waals surface area contributed by atoms with E-state index in [1.807, 2.05) is 88.6 Å². The number of rotatable bonds is 5. The number of aromatic amines is 1. The Labute approximate surface area is 252 Å². The number of aromatic nitrogens is 2. The van der Waals surface area contributed by atoms with Gasteiger partial charge in [0.15, 0.2) is 0 Å². The van der Waals surface area contributed by atoms with Gasteiger partial charge in [-0.1, -0.05) is 45.0 Å². The van der Waals surface area contributed by atoms with Gasteiger partial charge >= 0.3 is 7.12 Å². The summed E-state index contributed by atoms with van der Waals surface area (Å²) in [4.78, 5) is 51.8. The highest BCUT2D eigenvalue weighted by Crippen LogP contribution is 2.37. The number of benzene rings is 1. The Morgan fingerprint density at radius 1 is 1.00 bits per heavy atom. The molecule has 1 aromatic carbocycles. The van der Waals surface area contributed by atoms with Gasteiger partial charge in [0.1, 0.15) is 17.4 Å². The van der Waals surface area contributed by atoms with Crippen LogP contribution < -0.4 is 10.8 Å². The summed E-state index contributed by atoms with van der Waals surface area (Å²) in [5.41, 5.74) is 0.955. The van der Waals surface area contributed by atoms with Crippen LogP contribution in [0.2, 0.25) is 0 Å². The van der Waals surface area contributed by atoms with Gasteiger partial charge in [0.2, 0.25) is 5.91 Å². The molecule has 3 amide bonds. The number of carbonyl (C=O) groups is 3. The summed E-state index contributed by atoms with van der Waals surface area (Å²) in [7, 11) is -0.545. The summed E-state index contributed by atoms with van der Waals surface area (Å²) in [5.74, 6) is -0.596. The van der Waals surface area contributed by atoms with Crippen molar-refractivity contribution in [1.82, 2.24) is 25.1 Å². The Balaban J connectivity index is 1.11. The van der Waals surface area contributed by atoms with Crippen LogP contribution in [0.15, 0.2) is 48.7 Å². The van der Waals surface area contributed by atoms with Crippen molar-refractivity contribution < 1.29 is 23.7 Å². The van der Waals surface area contributed by atoms with Crippen LogP contribution in [0.4, 0.5) is 0 Å². The topological polar surface area (TPSA) is 117 Å². The highest BCUT2D eigenvalue weighted by molar-refractivity contribution is 6.62. The first kappa shape index (κ1) is 29.4. The smallest absolute Gasteiger partial charge is 0.399 e. The van der Waals surface area contributed by atoms with E-state index in [0.29, 0.717) is 30.9 Å². The van der Waals surface area contributed by atoms with E-state index in [-0.39, 0.29) is 29.8 Å². The number of amides is 3. The molecule has 0 aliphatic carbocycles. The molecule has 3 aromatic rings. The van der Waals surface area contributed by atoms with Gasteiger partial charge in [-0.05, 0) is 57.7 Å². The SMILES string of the molecule is CC(C)(C)[C@H](NC(=O)c1cc2ccccc2[nH]1)C(=O)N1C[C@@H]2C[C@H]1CN2C(=O)c1ccc(B2OC(C)(C)C(C)(C)O2)cn1. The lowest BCUT2D eigenvalue weighted by Gasteiger charge is -2.39. The maximum atomic E-state index is 13.9. The molecule has 0 spiro atoms. The van der Waals surface area contributed by atoms with E-state index in [1.54, 1.807) is 18.3 Å². The Morgan fingerprint density at radius 3 is 2.23 bits per heavy atom. The summed E-state index contributed by atoms with van der Waals surface area (Å²) >= 11 is 0. The van der Waals surface area contributed by atoms with Gasteiger partial charge in [-0.15, -0.1) is 0 Å². The molecule has 226 valence electrons. The number of nitrogens with one attached hydrogen (secondary N) is 2. The van der Waals surface area contributed by atoms with Crippen LogP contribution in [-0.2, 0) is 14.1 Å². The van der Waals surface area contributed by atoms with Crippen molar-refractivity contribution in [3.63, 3.8) is 0 Å². The third kappa shape index (κ3) is 5.22. The van der Waals surface area contributed by atoms with Gasteiger partial charge in [0, 0.05) is 35.7 Å². The predicted molar refractivity (Wildman–Crippen MR) is 164 cm³/mol. The van der Waals surface area contributed by atoms with Gasteiger partial charge in [0.25, 0.3) is 11.8 Å². The minimum absolute atomic E-state index is 0.101. The molecule has 0 radical (unpaired) electrons. The number of hydrogen-bond acceptors (Lipinski definition) is 6. The molecule has 3 aliphatic heterocycles. The van der Waals surface area contributed by atoms with Gasteiger partial charge in [0.05, 0.1) is 23.3 Å².